The fourth-order valence-corrected chi connectivity index (χ4v) is 9.12. The molecule has 0 saturated heterocycles. The summed E-state index contributed by atoms with van der Waals surface area (Å²) in [5.74, 6) is 0. The van der Waals surface area contributed by atoms with Gasteiger partial charge in [0, 0.05) is 22.3 Å². The average molecular weight is 672 g/mol. The van der Waals surface area contributed by atoms with Crippen molar-refractivity contribution in [1.29, 1.82) is 15.8 Å². The molecule has 1 unspecified atom stereocenters. The molecule has 51 heavy (non-hydrogen) atoms. The zero-order chi connectivity index (χ0) is 34.5. The van der Waals surface area contributed by atoms with E-state index in [1.54, 1.807) is 0 Å². The van der Waals surface area contributed by atoms with E-state index in [4.69, 9.17) is 0 Å². The number of nitriles is 3. The maximum atomic E-state index is 10.4. The highest BCUT2D eigenvalue weighted by atomic mass is 32.2. The first kappa shape index (κ1) is 30.5. The second-order valence-corrected chi connectivity index (χ2v) is 14.1. The molecule has 0 amide bonds. The van der Waals surface area contributed by atoms with Gasteiger partial charge in [-0.3, -0.25) is 0 Å². The summed E-state index contributed by atoms with van der Waals surface area (Å²) in [6.45, 7) is 0. The van der Waals surface area contributed by atoms with Crippen LogP contribution < -0.4 is 4.90 Å². The highest BCUT2D eigenvalue weighted by Crippen LogP contribution is 2.52. The third-order valence-electron chi connectivity index (χ3n) is 10.1. The van der Waals surface area contributed by atoms with Crippen LogP contribution in [0.1, 0.15) is 45.2 Å². The van der Waals surface area contributed by atoms with Gasteiger partial charge in [-0.2, -0.15) is 15.8 Å². The maximum Gasteiger partial charge on any atom is 0.101 e. The van der Waals surface area contributed by atoms with Crippen molar-refractivity contribution < 1.29 is 0 Å². The van der Waals surface area contributed by atoms with Gasteiger partial charge in [-0.05, 0) is 95.3 Å². The molecule has 9 rings (SSSR count). The Bertz CT molecular complexity index is 2620. The largest absolute Gasteiger partial charge is 0.324 e. The van der Waals surface area contributed by atoms with Crippen molar-refractivity contribution in [3.8, 4) is 46.1 Å². The predicted molar refractivity (Wildman–Crippen MR) is 207 cm³/mol. The lowest BCUT2D eigenvalue weighted by molar-refractivity contribution is 0.966. The number of thioether (sulfide) groups is 1. The topological polar surface area (TPSA) is 79.5 Å². The van der Waals surface area contributed by atoms with E-state index in [0.29, 0.717) is 16.7 Å². The van der Waals surface area contributed by atoms with Crippen LogP contribution in [0.2, 0.25) is 0 Å². The van der Waals surface area contributed by atoms with Gasteiger partial charge in [-0.15, -0.1) is 11.8 Å². The Morgan fingerprint density at radius 1 is 0.667 bits per heavy atom. The Labute approximate surface area is 300 Å². The number of hydrogen-bond donors (Lipinski definition) is 0. The number of nitrogens with zero attached hydrogens (tertiary/aromatic N) is 5. The Kier molecular flexibility index (Phi) is 7.44. The van der Waals surface area contributed by atoms with Crippen LogP contribution >= 0.6 is 11.8 Å². The van der Waals surface area contributed by atoms with Gasteiger partial charge in [0.05, 0.1) is 56.3 Å². The van der Waals surface area contributed by atoms with Crippen LogP contribution in [0.3, 0.4) is 0 Å². The zero-order valence-electron chi connectivity index (χ0n) is 27.5. The Morgan fingerprint density at radius 2 is 1.45 bits per heavy atom. The number of fused-ring (bicyclic) bond motifs is 7. The minimum atomic E-state index is 0.0702. The summed E-state index contributed by atoms with van der Waals surface area (Å²) in [5, 5.41) is 31.6. The Morgan fingerprint density at radius 3 is 2.29 bits per heavy atom. The Hall–Kier alpha value is -6.52. The van der Waals surface area contributed by atoms with Gasteiger partial charge in [0.1, 0.15) is 6.07 Å². The lowest BCUT2D eigenvalue weighted by atomic mass is 9.94. The number of allylic oxidation sites excluding steroid dienone is 3. The van der Waals surface area contributed by atoms with Gasteiger partial charge in [0.25, 0.3) is 0 Å². The van der Waals surface area contributed by atoms with Gasteiger partial charge < -0.3 is 9.47 Å². The second kappa shape index (κ2) is 12.4. The minimum absolute atomic E-state index is 0.0702. The third-order valence-corrected chi connectivity index (χ3v) is 11.4. The van der Waals surface area contributed by atoms with Gasteiger partial charge in [0.15, 0.2) is 0 Å². The quantitative estimate of drug-likeness (QED) is 0.186. The van der Waals surface area contributed by atoms with E-state index in [1.807, 2.05) is 54.2 Å². The van der Waals surface area contributed by atoms with E-state index < -0.39 is 0 Å². The van der Waals surface area contributed by atoms with Crippen molar-refractivity contribution in [2.24, 2.45) is 0 Å². The molecule has 0 saturated carbocycles. The number of para-hydroxylation sites is 1. The summed E-state index contributed by atoms with van der Waals surface area (Å²) in [7, 11) is 0. The van der Waals surface area contributed by atoms with Gasteiger partial charge in [-0.1, -0.05) is 85.0 Å². The molecule has 2 bridgehead atoms. The molecule has 5 aromatic carbocycles. The normalized spacial score (nSPS) is 16.8. The monoisotopic (exact) mass is 671 g/mol. The van der Waals surface area contributed by atoms with Crippen molar-refractivity contribution in [3.05, 3.63) is 167 Å². The van der Waals surface area contributed by atoms with Crippen LogP contribution in [0.4, 0.5) is 11.4 Å². The smallest absolute Gasteiger partial charge is 0.101 e. The summed E-state index contributed by atoms with van der Waals surface area (Å²) in [4.78, 5) is 2.37. The van der Waals surface area contributed by atoms with Crippen molar-refractivity contribution >= 4 is 40.1 Å². The predicted octanol–water partition coefficient (Wildman–Crippen LogP) is 10.9. The first-order valence-corrected chi connectivity index (χ1v) is 17.9. The molecule has 2 atom stereocenters. The summed E-state index contributed by atoms with van der Waals surface area (Å²) in [6.07, 6.45) is 14.9. The first-order chi connectivity index (χ1) is 25.2. The van der Waals surface area contributed by atoms with E-state index in [9.17, 15) is 15.8 Å². The highest BCUT2D eigenvalue weighted by Gasteiger charge is 2.34. The summed E-state index contributed by atoms with van der Waals surface area (Å²) >= 11 is 1.90. The number of aryl methyl sites for hydroxylation is 1. The molecular weight excluding hydrogens is 643 g/mol. The maximum absolute atomic E-state index is 10.4. The molecule has 0 N–H and O–H groups in total. The van der Waals surface area contributed by atoms with Gasteiger partial charge in [0.2, 0.25) is 0 Å². The average Bonchev–Trinajstić information content (AvgIpc) is 3.37. The summed E-state index contributed by atoms with van der Waals surface area (Å²) in [6, 6.07) is 41.9. The van der Waals surface area contributed by atoms with E-state index in [0.717, 1.165) is 68.8 Å². The first-order valence-electron chi connectivity index (χ1n) is 17.0. The molecule has 0 radical (unpaired) electrons. The number of rotatable bonds is 4. The van der Waals surface area contributed by atoms with Crippen molar-refractivity contribution in [2.45, 2.75) is 23.5 Å². The molecule has 3 aliphatic rings. The SMILES string of the molecule is N#Cc1ccc2c(c1)c1c(n2-c2cc(-c3ccc(-c4c(C#N)cccc4N4c5ccccc5C5C=CC=C[C@@H]4S5)cc3)ccc2C#N)C=CCC1. The minimum Gasteiger partial charge on any atom is -0.324 e. The summed E-state index contributed by atoms with van der Waals surface area (Å²) < 4.78 is 2.17. The standard InChI is InChI=1S/C45H29N5S/c46-26-29-16-23-40-37(24-29)35-9-1-3-11-38(35)49(40)42-25-32(21-22-33(42)27-47)30-17-19-31(20-18-30)45-34(28-48)8-7-13-41(45)50-39-12-4-2-10-36(39)43-14-5-6-15-44(50)51-43/h2-8,10-25,43-44H,1,9H2/t43?,44-/m0/s1. The van der Waals surface area contributed by atoms with E-state index in [-0.39, 0.29) is 10.6 Å². The van der Waals surface area contributed by atoms with E-state index >= 15 is 0 Å². The number of benzene rings is 5. The van der Waals surface area contributed by atoms with Crippen LogP contribution in [-0.2, 0) is 6.42 Å². The van der Waals surface area contributed by atoms with Crippen molar-refractivity contribution in [3.63, 3.8) is 0 Å². The van der Waals surface area contributed by atoms with Crippen LogP contribution in [0.5, 0.6) is 0 Å². The molecule has 1 aromatic heterocycles. The van der Waals surface area contributed by atoms with E-state index in [2.05, 4.69) is 125 Å². The molecular formula is C45H29N5S. The molecule has 6 aromatic rings. The lowest BCUT2D eigenvalue weighted by Gasteiger charge is -2.40. The lowest BCUT2D eigenvalue weighted by Crippen LogP contribution is -2.32. The third kappa shape index (κ3) is 4.99. The molecule has 2 aliphatic heterocycles. The fraction of sp³-hybridized carbons (Fsp3) is 0.0889. The highest BCUT2D eigenvalue weighted by molar-refractivity contribution is 8.00. The summed E-state index contributed by atoms with van der Waals surface area (Å²) in [5.41, 5.74) is 13.1. The van der Waals surface area contributed by atoms with Crippen molar-refractivity contribution in [2.75, 3.05) is 4.90 Å². The molecule has 5 nitrogen and oxygen atoms in total. The fourth-order valence-electron chi connectivity index (χ4n) is 7.76. The molecule has 240 valence electrons. The second-order valence-electron chi connectivity index (χ2n) is 12.9. The van der Waals surface area contributed by atoms with Crippen molar-refractivity contribution in [1.82, 2.24) is 4.57 Å². The van der Waals surface area contributed by atoms with Gasteiger partial charge in [-0.25, -0.2) is 0 Å². The van der Waals surface area contributed by atoms with Crippen LogP contribution in [0.25, 0.3) is 44.9 Å². The van der Waals surface area contributed by atoms with Gasteiger partial charge >= 0.3 is 0 Å². The zero-order valence-corrected chi connectivity index (χ0v) is 28.3. The van der Waals surface area contributed by atoms with Crippen LogP contribution in [0.15, 0.2) is 134 Å². The Balaban J connectivity index is 1.15. The number of hydrogen-bond acceptors (Lipinski definition) is 5. The number of aromatic nitrogens is 1. The molecule has 0 fully saturated rings. The molecule has 1 aliphatic carbocycles. The van der Waals surface area contributed by atoms with Crippen LogP contribution in [0, 0.1) is 34.0 Å². The number of anilines is 2. The van der Waals surface area contributed by atoms with E-state index in [1.165, 1.54) is 11.1 Å². The molecule has 3 heterocycles. The molecule has 6 heteroatoms. The van der Waals surface area contributed by atoms with Crippen LogP contribution in [-0.4, -0.2) is 9.94 Å². The molecule has 0 spiro atoms.